The van der Waals surface area contributed by atoms with E-state index in [0.29, 0.717) is 5.92 Å². The Bertz CT molecular complexity index is 574. The van der Waals surface area contributed by atoms with Gasteiger partial charge in [-0.25, -0.2) is 0 Å². The van der Waals surface area contributed by atoms with Crippen molar-refractivity contribution in [3.63, 3.8) is 0 Å². The number of carbonyl (C=O) groups is 1. The van der Waals surface area contributed by atoms with E-state index in [9.17, 15) is 4.79 Å². The van der Waals surface area contributed by atoms with Crippen LogP contribution in [0.1, 0.15) is 17.7 Å². The monoisotopic (exact) mass is 315 g/mol. The van der Waals surface area contributed by atoms with Crippen LogP contribution in [0.2, 0.25) is 0 Å². The number of benzene rings is 1. The van der Waals surface area contributed by atoms with Crippen LogP contribution < -0.4 is 4.74 Å². The number of carbonyl (C=O) groups excluding carboxylic acids is 1. The summed E-state index contributed by atoms with van der Waals surface area (Å²) in [6.45, 7) is 1.85. The highest BCUT2D eigenvalue weighted by molar-refractivity contribution is 7.09. The molecule has 1 saturated heterocycles. The minimum Gasteiger partial charge on any atom is -0.484 e. The maximum Gasteiger partial charge on any atom is 0.260 e. The number of rotatable bonds is 5. The Balaban J connectivity index is 1.42. The van der Waals surface area contributed by atoms with Gasteiger partial charge < -0.3 is 9.64 Å². The van der Waals surface area contributed by atoms with Crippen molar-refractivity contribution in [2.45, 2.75) is 19.3 Å². The second-order valence-electron chi connectivity index (χ2n) is 5.71. The standard InChI is InChI=1S/C18H21NO2S/c20-18(14-21-16-5-2-1-3-6-16)19-10-8-15(9-11-19)13-17-7-4-12-22-17/h1-7,12,15H,8-11,13-14H2. The molecule has 0 aliphatic carbocycles. The molecule has 0 bridgehead atoms. The van der Waals surface area contributed by atoms with Crippen molar-refractivity contribution in [2.75, 3.05) is 19.7 Å². The molecule has 116 valence electrons. The van der Waals surface area contributed by atoms with Gasteiger partial charge in [0.15, 0.2) is 6.61 Å². The molecule has 3 nitrogen and oxygen atoms in total. The predicted octanol–water partition coefficient (Wildman–Crippen LogP) is 3.61. The number of hydrogen-bond donors (Lipinski definition) is 0. The van der Waals surface area contributed by atoms with Gasteiger partial charge in [0, 0.05) is 18.0 Å². The average molecular weight is 315 g/mol. The number of thiophene rings is 1. The molecule has 1 fully saturated rings. The molecule has 0 spiro atoms. The van der Waals surface area contributed by atoms with Gasteiger partial charge in [0.2, 0.25) is 0 Å². The molecule has 22 heavy (non-hydrogen) atoms. The Hall–Kier alpha value is -1.81. The van der Waals surface area contributed by atoms with Crippen LogP contribution in [-0.2, 0) is 11.2 Å². The number of para-hydroxylation sites is 1. The lowest BCUT2D eigenvalue weighted by Gasteiger charge is -2.31. The van der Waals surface area contributed by atoms with Crippen molar-refractivity contribution in [2.24, 2.45) is 5.92 Å². The number of piperidine rings is 1. The maximum atomic E-state index is 12.2. The van der Waals surface area contributed by atoms with Crippen molar-refractivity contribution in [1.29, 1.82) is 0 Å². The van der Waals surface area contributed by atoms with Crippen LogP contribution in [-0.4, -0.2) is 30.5 Å². The fourth-order valence-corrected chi connectivity index (χ4v) is 3.67. The van der Waals surface area contributed by atoms with Crippen molar-refractivity contribution >= 4 is 17.2 Å². The zero-order chi connectivity index (χ0) is 15.2. The van der Waals surface area contributed by atoms with E-state index < -0.39 is 0 Å². The molecule has 2 aromatic rings. The topological polar surface area (TPSA) is 29.5 Å². The summed E-state index contributed by atoms with van der Waals surface area (Å²) < 4.78 is 5.54. The molecular weight excluding hydrogens is 294 g/mol. The fourth-order valence-electron chi connectivity index (χ4n) is 2.85. The molecule has 0 radical (unpaired) electrons. The average Bonchev–Trinajstić information content (AvgIpc) is 3.07. The Morgan fingerprint density at radius 2 is 1.91 bits per heavy atom. The molecule has 1 amide bonds. The smallest absolute Gasteiger partial charge is 0.260 e. The van der Waals surface area contributed by atoms with E-state index >= 15 is 0 Å². The van der Waals surface area contributed by atoms with Crippen molar-refractivity contribution in [3.05, 3.63) is 52.7 Å². The van der Waals surface area contributed by atoms with Crippen molar-refractivity contribution < 1.29 is 9.53 Å². The zero-order valence-electron chi connectivity index (χ0n) is 12.6. The molecule has 1 aromatic carbocycles. The van der Waals surface area contributed by atoms with Gasteiger partial charge in [0.25, 0.3) is 5.91 Å². The summed E-state index contributed by atoms with van der Waals surface area (Å²) in [6, 6.07) is 13.8. The van der Waals surface area contributed by atoms with E-state index in [4.69, 9.17) is 4.74 Å². The molecule has 0 unspecified atom stereocenters. The first-order valence-corrected chi connectivity index (χ1v) is 8.67. The van der Waals surface area contributed by atoms with Crippen LogP contribution in [0, 0.1) is 5.92 Å². The molecule has 0 N–H and O–H groups in total. The van der Waals surface area contributed by atoms with Gasteiger partial charge >= 0.3 is 0 Å². The highest BCUT2D eigenvalue weighted by Gasteiger charge is 2.23. The third-order valence-corrected chi connectivity index (χ3v) is 5.04. The number of likely N-dealkylation sites (tertiary alicyclic amines) is 1. The SMILES string of the molecule is O=C(COc1ccccc1)N1CCC(Cc2cccs2)CC1. The van der Waals surface area contributed by atoms with Gasteiger partial charge in [-0.2, -0.15) is 0 Å². The number of amides is 1. The second-order valence-corrected chi connectivity index (χ2v) is 6.74. The summed E-state index contributed by atoms with van der Waals surface area (Å²) >= 11 is 1.83. The Morgan fingerprint density at radius 3 is 2.59 bits per heavy atom. The molecule has 1 aliphatic rings. The van der Waals surface area contributed by atoms with Crippen LogP contribution in [0.15, 0.2) is 47.8 Å². The molecule has 0 atom stereocenters. The van der Waals surface area contributed by atoms with Gasteiger partial charge in [0.05, 0.1) is 0 Å². The molecule has 3 rings (SSSR count). The van der Waals surface area contributed by atoms with E-state index in [1.807, 2.05) is 46.6 Å². The number of hydrogen-bond acceptors (Lipinski definition) is 3. The molecule has 0 saturated carbocycles. The lowest BCUT2D eigenvalue weighted by molar-refractivity contribution is -0.134. The fraction of sp³-hybridized carbons (Fsp3) is 0.389. The first kappa shape index (κ1) is 15.1. The largest absolute Gasteiger partial charge is 0.484 e. The highest BCUT2D eigenvalue weighted by atomic mass is 32.1. The predicted molar refractivity (Wildman–Crippen MR) is 89.3 cm³/mol. The molecular formula is C18H21NO2S. The zero-order valence-corrected chi connectivity index (χ0v) is 13.4. The highest BCUT2D eigenvalue weighted by Crippen LogP contribution is 2.24. The minimum atomic E-state index is 0.0958. The second kappa shape index (κ2) is 7.45. The molecule has 1 aliphatic heterocycles. The Labute approximate surface area is 135 Å². The van der Waals surface area contributed by atoms with Crippen molar-refractivity contribution in [3.8, 4) is 5.75 Å². The summed E-state index contributed by atoms with van der Waals surface area (Å²) in [5, 5.41) is 2.13. The van der Waals surface area contributed by atoms with Crippen LogP contribution in [0.4, 0.5) is 0 Å². The van der Waals surface area contributed by atoms with Gasteiger partial charge in [0.1, 0.15) is 5.75 Å². The molecule has 2 heterocycles. The summed E-state index contributed by atoms with van der Waals surface area (Å²) in [6.07, 6.45) is 3.34. The Morgan fingerprint density at radius 1 is 1.14 bits per heavy atom. The summed E-state index contributed by atoms with van der Waals surface area (Å²) in [4.78, 5) is 15.6. The van der Waals surface area contributed by atoms with Crippen LogP contribution in [0.5, 0.6) is 5.75 Å². The van der Waals surface area contributed by atoms with Crippen LogP contribution >= 0.6 is 11.3 Å². The third kappa shape index (κ3) is 4.10. The van der Waals surface area contributed by atoms with E-state index in [1.165, 1.54) is 4.88 Å². The number of ether oxygens (including phenoxy) is 1. The van der Waals surface area contributed by atoms with E-state index in [-0.39, 0.29) is 12.5 Å². The van der Waals surface area contributed by atoms with Crippen molar-refractivity contribution in [1.82, 2.24) is 4.90 Å². The summed E-state index contributed by atoms with van der Waals surface area (Å²) in [5.41, 5.74) is 0. The lowest BCUT2D eigenvalue weighted by Crippen LogP contribution is -2.41. The normalized spacial score (nSPS) is 15.7. The first-order chi connectivity index (χ1) is 10.8. The Kier molecular flexibility index (Phi) is 5.11. The number of nitrogens with zero attached hydrogens (tertiary/aromatic N) is 1. The first-order valence-electron chi connectivity index (χ1n) is 7.79. The van der Waals surface area contributed by atoms with E-state index in [2.05, 4.69) is 17.5 Å². The van der Waals surface area contributed by atoms with Gasteiger partial charge in [-0.15, -0.1) is 11.3 Å². The summed E-state index contributed by atoms with van der Waals surface area (Å²) in [7, 11) is 0. The maximum absolute atomic E-state index is 12.2. The minimum absolute atomic E-state index is 0.0958. The molecule has 4 heteroatoms. The molecule has 1 aromatic heterocycles. The van der Waals surface area contributed by atoms with Crippen LogP contribution in [0.3, 0.4) is 0 Å². The quantitative estimate of drug-likeness (QED) is 0.843. The van der Waals surface area contributed by atoms with Gasteiger partial charge in [-0.05, 0) is 48.8 Å². The summed E-state index contributed by atoms with van der Waals surface area (Å²) in [5.74, 6) is 1.56. The van der Waals surface area contributed by atoms with E-state index in [1.54, 1.807) is 0 Å². The van der Waals surface area contributed by atoms with Gasteiger partial charge in [-0.1, -0.05) is 24.3 Å². The van der Waals surface area contributed by atoms with Gasteiger partial charge in [-0.3, -0.25) is 4.79 Å². The van der Waals surface area contributed by atoms with E-state index in [0.717, 1.165) is 38.1 Å². The third-order valence-electron chi connectivity index (χ3n) is 4.14. The lowest BCUT2D eigenvalue weighted by atomic mass is 9.93. The van der Waals surface area contributed by atoms with Crippen LogP contribution in [0.25, 0.3) is 0 Å².